The normalized spacial score (nSPS) is 12.7. The number of fused-ring (bicyclic) bond motifs is 1. The summed E-state index contributed by atoms with van der Waals surface area (Å²) < 4.78 is 0. The zero-order valence-corrected chi connectivity index (χ0v) is 10.9. The summed E-state index contributed by atoms with van der Waals surface area (Å²) in [6, 6.07) is 9.10. The van der Waals surface area contributed by atoms with Crippen LogP contribution in [-0.2, 0) is 6.42 Å². The predicted molar refractivity (Wildman–Crippen MR) is 75.8 cm³/mol. The number of nitrogens with one attached hydrogen (secondary N) is 2. The number of anilines is 2. The van der Waals surface area contributed by atoms with Crippen LogP contribution in [0.15, 0.2) is 36.5 Å². The van der Waals surface area contributed by atoms with Crippen LogP contribution in [0, 0.1) is 0 Å². The van der Waals surface area contributed by atoms with Gasteiger partial charge in [-0.1, -0.05) is 11.6 Å². The highest BCUT2D eigenvalue weighted by Crippen LogP contribution is 2.24. The maximum absolute atomic E-state index is 12.1. The van der Waals surface area contributed by atoms with Crippen molar-refractivity contribution in [2.24, 2.45) is 0 Å². The highest BCUT2D eigenvalue weighted by atomic mass is 35.5. The Bertz CT molecular complexity index is 642. The SMILES string of the molecule is O=C(Nc1cccnc1Cl)c1ccc2c(c1)CCN2. The Balaban J connectivity index is 1.83. The van der Waals surface area contributed by atoms with Crippen LogP contribution in [0.5, 0.6) is 0 Å². The minimum atomic E-state index is -0.176. The van der Waals surface area contributed by atoms with Gasteiger partial charge in [0, 0.05) is 24.0 Å². The van der Waals surface area contributed by atoms with Crippen LogP contribution in [-0.4, -0.2) is 17.4 Å². The first-order chi connectivity index (χ1) is 9.24. The van der Waals surface area contributed by atoms with Crippen molar-refractivity contribution in [3.05, 3.63) is 52.8 Å². The maximum atomic E-state index is 12.1. The summed E-state index contributed by atoms with van der Waals surface area (Å²) in [4.78, 5) is 16.1. The molecular formula is C14H12ClN3O. The first-order valence-electron chi connectivity index (χ1n) is 6.03. The molecule has 0 fully saturated rings. The molecule has 1 aromatic heterocycles. The average molecular weight is 274 g/mol. The fraction of sp³-hybridized carbons (Fsp3) is 0.143. The molecule has 0 bridgehead atoms. The van der Waals surface area contributed by atoms with E-state index in [9.17, 15) is 4.79 Å². The Morgan fingerprint density at radius 2 is 2.26 bits per heavy atom. The molecule has 1 aliphatic heterocycles. The molecule has 2 aromatic rings. The smallest absolute Gasteiger partial charge is 0.255 e. The lowest BCUT2D eigenvalue weighted by Crippen LogP contribution is -2.12. The van der Waals surface area contributed by atoms with Crippen LogP contribution >= 0.6 is 11.6 Å². The third-order valence-electron chi connectivity index (χ3n) is 3.08. The number of nitrogens with zero attached hydrogens (tertiary/aromatic N) is 1. The highest BCUT2D eigenvalue weighted by Gasteiger charge is 2.14. The number of carbonyl (C=O) groups excluding carboxylic acids is 1. The van der Waals surface area contributed by atoms with Crippen LogP contribution in [0.3, 0.4) is 0 Å². The molecular weight excluding hydrogens is 262 g/mol. The Morgan fingerprint density at radius 1 is 1.37 bits per heavy atom. The molecule has 5 heteroatoms. The summed E-state index contributed by atoms with van der Waals surface area (Å²) in [5.41, 5.74) is 3.43. The molecule has 19 heavy (non-hydrogen) atoms. The number of pyridine rings is 1. The van der Waals surface area contributed by atoms with E-state index in [2.05, 4.69) is 15.6 Å². The van der Waals surface area contributed by atoms with Crippen molar-refractivity contribution in [2.45, 2.75) is 6.42 Å². The molecule has 0 saturated carbocycles. The molecule has 4 nitrogen and oxygen atoms in total. The molecule has 1 aromatic carbocycles. The van der Waals surface area contributed by atoms with Crippen molar-refractivity contribution < 1.29 is 4.79 Å². The van der Waals surface area contributed by atoms with E-state index in [1.165, 1.54) is 5.56 Å². The summed E-state index contributed by atoms with van der Waals surface area (Å²) in [5.74, 6) is -0.176. The second-order valence-electron chi connectivity index (χ2n) is 4.34. The molecule has 0 aliphatic carbocycles. The molecule has 0 spiro atoms. The molecule has 2 heterocycles. The summed E-state index contributed by atoms with van der Waals surface area (Å²) in [7, 11) is 0. The molecule has 0 saturated heterocycles. The van der Waals surface area contributed by atoms with E-state index in [4.69, 9.17) is 11.6 Å². The van der Waals surface area contributed by atoms with Gasteiger partial charge in [-0.2, -0.15) is 0 Å². The molecule has 0 atom stereocenters. The summed E-state index contributed by atoms with van der Waals surface area (Å²) in [6.45, 7) is 0.925. The van der Waals surface area contributed by atoms with Gasteiger partial charge in [-0.25, -0.2) is 4.98 Å². The van der Waals surface area contributed by atoms with Gasteiger partial charge in [0.05, 0.1) is 5.69 Å². The van der Waals surface area contributed by atoms with Crippen molar-refractivity contribution in [1.29, 1.82) is 0 Å². The van der Waals surface area contributed by atoms with Crippen molar-refractivity contribution in [3.63, 3.8) is 0 Å². The van der Waals surface area contributed by atoms with E-state index in [0.29, 0.717) is 16.4 Å². The van der Waals surface area contributed by atoms with Crippen molar-refractivity contribution >= 4 is 28.9 Å². The first-order valence-corrected chi connectivity index (χ1v) is 6.40. The lowest BCUT2D eigenvalue weighted by molar-refractivity contribution is 0.102. The van der Waals surface area contributed by atoms with Crippen LogP contribution in [0.2, 0.25) is 5.15 Å². The summed E-state index contributed by atoms with van der Waals surface area (Å²) in [6.07, 6.45) is 2.53. The molecule has 3 rings (SSSR count). The third kappa shape index (κ3) is 2.39. The molecule has 0 radical (unpaired) electrons. The number of halogens is 1. The summed E-state index contributed by atoms with van der Waals surface area (Å²) in [5, 5.41) is 6.32. The second-order valence-corrected chi connectivity index (χ2v) is 4.70. The number of amides is 1. The zero-order chi connectivity index (χ0) is 13.2. The summed E-state index contributed by atoms with van der Waals surface area (Å²) >= 11 is 5.91. The molecule has 2 N–H and O–H groups in total. The Kier molecular flexibility index (Phi) is 3.09. The van der Waals surface area contributed by atoms with Gasteiger partial charge in [0.25, 0.3) is 5.91 Å². The number of benzene rings is 1. The van der Waals surface area contributed by atoms with Gasteiger partial charge in [0.1, 0.15) is 0 Å². The molecule has 0 unspecified atom stereocenters. The number of rotatable bonds is 2. The maximum Gasteiger partial charge on any atom is 0.255 e. The second kappa shape index (κ2) is 4.90. The number of aromatic nitrogens is 1. The van der Waals surface area contributed by atoms with E-state index in [0.717, 1.165) is 18.7 Å². The van der Waals surface area contributed by atoms with Crippen LogP contribution < -0.4 is 10.6 Å². The van der Waals surface area contributed by atoms with E-state index in [1.807, 2.05) is 12.1 Å². The number of carbonyl (C=O) groups is 1. The largest absolute Gasteiger partial charge is 0.384 e. The quantitative estimate of drug-likeness (QED) is 0.827. The van der Waals surface area contributed by atoms with E-state index < -0.39 is 0 Å². The van der Waals surface area contributed by atoms with Crippen LogP contribution in [0.4, 0.5) is 11.4 Å². The fourth-order valence-electron chi connectivity index (χ4n) is 2.12. The Labute approximate surface area is 115 Å². The van der Waals surface area contributed by atoms with Gasteiger partial charge in [0.15, 0.2) is 5.15 Å². The first kappa shape index (κ1) is 12.0. The third-order valence-corrected chi connectivity index (χ3v) is 3.39. The van der Waals surface area contributed by atoms with E-state index >= 15 is 0 Å². The van der Waals surface area contributed by atoms with Gasteiger partial charge in [-0.3, -0.25) is 4.79 Å². The number of hydrogen-bond acceptors (Lipinski definition) is 3. The van der Waals surface area contributed by atoms with E-state index in [-0.39, 0.29) is 5.91 Å². The standard InChI is InChI=1S/C14H12ClN3O/c15-13-12(2-1-6-17-13)18-14(19)10-3-4-11-9(8-10)5-7-16-11/h1-4,6,8,16H,5,7H2,(H,18,19). The van der Waals surface area contributed by atoms with Crippen LogP contribution in [0.25, 0.3) is 0 Å². The van der Waals surface area contributed by atoms with Crippen molar-refractivity contribution in [2.75, 3.05) is 17.2 Å². The van der Waals surface area contributed by atoms with Gasteiger partial charge in [0.2, 0.25) is 0 Å². The molecule has 1 amide bonds. The minimum absolute atomic E-state index is 0.176. The Hall–Kier alpha value is -2.07. The topological polar surface area (TPSA) is 54.0 Å². The van der Waals surface area contributed by atoms with E-state index in [1.54, 1.807) is 24.4 Å². The monoisotopic (exact) mass is 273 g/mol. The lowest BCUT2D eigenvalue weighted by atomic mass is 10.1. The van der Waals surface area contributed by atoms with Crippen LogP contribution in [0.1, 0.15) is 15.9 Å². The minimum Gasteiger partial charge on any atom is -0.384 e. The highest BCUT2D eigenvalue weighted by molar-refractivity contribution is 6.32. The Morgan fingerprint density at radius 3 is 3.11 bits per heavy atom. The average Bonchev–Trinajstić information content (AvgIpc) is 2.88. The van der Waals surface area contributed by atoms with Gasteiger partial charge < -0.3 is 10.6 Å². The van der Waals surface area contributed by atoms with Gasteiger partial charge >= 0.3 is 0 Å². The zero-order valence-electron chi connectivity index (χ0n) is 10.1. The fourth-order valence-corrected chi connectivity index (χ4v) is 2.29. The van der Waals surface area contributed by atoms with Crippen molar-refractivity contribution in [1.82, 2.24) is 4.98 Å². The molecule has 96 valence electrons. The van der Waals surface area contributed by atoms with Crippen molar-refractivity contribution in [3.8, 4) is 0 Å². The molecule has 1 aliphatic rings. The van der Waals surface area contributed by atoms with Gasteiger partial charge in [-0.15, -0.1) is 0 Å². The lowest BCUT2D eigenvalue weighted by Gasteiger charge is -2.07. The predicted octanol–water partition coefficient (Wildman–Crippen LogP) is 2.96. The number of hydrogen-bond donors (Lipinski definition) is 2. The van der Waals surface area contributed by atoms with Gasteiger partial charge in [-0.05, 0) is 42.3 Å².